The first-order valence-electron chi connectivity index (χ1n) is 7.90. The van der Waals surface area contributed by atoms with Crippen LogP contribution in [0.1, 0.15) is 31.9 Å². The van der Waals surface area contributed by atoms with Crippen molar-refractivity contribution in [2.45, 2.75) is 32.9 Å². The number of aromatic nitrogens is 2. The third-order valence-electron chi connectivity index (χ3n) is 3.93. The van der Waals surface area contributed by atoms with Crippen LogP contribution in [-0.2, 0) is 20.8 Å². The average Bonchev–Trinajstić information content (AvgIpc) is 3.12. The maximum atomic E-state index is 12.6. The van der Waals surface area contributed by atoms with Crippen molar-refractivity contribution in [2.75, 3.05) is 33.9 Å². The molecular weight excluding hydrogens is 282 g/mol. The van der Waals surface area contributed by atoms with Gasteiger partial charge in [0, 0.05) is 39.1 Å². The number of nitrogens with zero attached hydrogens (tertiary/aromatic N) is 3. The minimum atomic E-state index is -0.182. The number of carbonyl (C=O) groups excluding carboxylic acids is 1. The van der Waals surface area contributed by atoms with Gasteiger partial charge in [0.05, 0.1) is 31.4 Å². The van der Waals surface area contributed by atoms with Gasteiger partial charge in [0.1, 0.15) is 0 Å². The van der Waals surface area contributed by atoms with E-state index in [0.29, 0.717) is 25.7 Å². The lowest BCUT2D eigenvalue weighted by atomic mass is 9.95. The topological polar surface area (TPSA) is 56.6 Å². The van der Waals surface area contributed by atoms with Crippen LogP contribution in [0.2, 0.25) is 0 Å². The number of methoxy groups -OCH3 is 1. The highest BCUT2D eigenvalue weighted by atomic mass is 16.5. The summed E-state index contributed by atoms with van der Waals surface area (Å²) < 4.78 is 12.7. The molecule has 22 heavy (non-hydrogen) atoms. The summed E-state index contributed by atoms with van der Waals surface area (Å²) in [7, 11) is 3.55. The predicted octanol–water partition coefficient (Wildman–Crippen LogP) is 1.72. The summed E-state index contributed by atoms with van der Waals surface area (Å²) in [6.45, 7) is 6.95. The van der Waals surface area contributed by atoms with E-state index in [2.05, 4.69) is 18.9 Å². The fourth-order valence-electron chi connectivity index (χ4n) is 2.93. The Hall–Kier alpha value is -1.40. The Bertz CT molecular complexity index is 487. The molecule has 2 atom stereocenters. The molecule has 0 aliphatic carbocycles. The molecule has 6 heteroatoms. The summed E-state index contributed by atoms with van der Waals surface area (Å²) >= 11 is 0. The summed E-state index contributed by atoms with van der Waals surface area (Å²) in [6.07, 6.45) is 4.35. The van der Waals surface area contributed by atoms with Gasteiger partial charge in [0.2, 0.25) is 5.91 Å². The zero-order valence-corrected chi connectivity index (χ0v) is 14.0. The van der Waals surface area contributed by atoms with Gasteiger partial charge in [-0.2, -0.15) is 5.10 Å². The van der Waals surface area contributed by atoms with E-state index in [-0.39, 0.29) is 17.9 Å². The van der Waals surface area contributed by atoms with Crippen LogP contribution in [0.25, 0.3) is 0 Å². The van der Waals surface area contributed by atoms with Crippen LogP contribution in [0.4, 0.5) is 0 Å². The smallest absolute Gasteiger partial charge is 0.228 e. The summed E-state index contributed by atoms with van der Waals surface area (Å²) in [5.41, 5.74) is 0.977. The highest BCUT2D eigenvalue weighted by Crippen LogP contribution is 2.35. The van der Waals surface area contributed by atoms with E-state index in [4.69, 9.17) is 9.47 Å². The quantitative estimate of drug-likeness (QED) is 0.769. The summed E-state index contributed by atoms with van der Waals surface area (Å²) in [5, 5.41) is 4.32. The van der Waals surface area contributed by atoms with Crippen LogP contribution < -0.4 is 0 Å². The molecule has 2 rings (SSSR count). The van der Waals surface area contributed by atoms with Crippen LogP contribution in [0.3, 0.4) is 0 Å². The monoisotopic (exact) mass is 309 g/mol. The normalized spacial score (nSPS) is 21.5. The lowest BCUT2D eigenvalue weighted by Gasteiger charge is -2.25. The fourth-order valence-corrected chi connectivity index (χ4v) is 2.93. The molecule has 0 radical (unpaired) electrons. The van der Waals surface area contributed by atoms with Gasteiger partial charge in [-0.15, -0.1) is 0 Å². The lowest BCUT2D eigenvalue weighted by Crippen LogP contribution is -2.36. The van der Waals surface area contributed by atoms with Gasteiger partial charge in [-0.1, -0.05) is 13.8 Å². The molecular formula is C16H27N3O3. The molecule has 0 aromatic carbocycles. The van der Waals surface area contributed by atoms with E-state index in [0.717, 1.165) is 18.5 Å². The highest BCUT2D eigenvalue weighted by Gasteiger charge is 2.37. The molecule has 0 spiro atoms. The van der Waals surface area contributed by atoms with Crippen molar-refractivity contribution < 1.29 is 14.3 Å². The van der Waals surface area contributed by atoms with E-state index in [1.165, 1.54) is 0 Å². The molecule has 1 saturated heterocycles. The Morgan fingerprint density at radius 3 is 3.05 bits per heavy atom. The minimum Gasteiger partial charge on any atom is -0.383 e. The van der Waals surface area contributed by atoms with Crippen molar-refractivity contribution >= 4 is 5.91 Å². The molecule has 0 bridgehead atoms. The van der Waals surface area contributed by atoms with Gasteiger partial charge in [-0.25, -0.2) is 0 Å². The standard InChI is InChI=1S/C16H27N3O3/c1-12(2)10-18(3)16(20)14-5-7-22-15(14)13-9-17-19(11-13)6-8-21-4/h9,11-12,14-15H,5-8,10H2,1-4H3/t14-,15+/m0/s1. The minimum absolute atomic E-state index is 0.108. The number of hydrogen-bond acceptors (Lipinski definition) is 4. The van der Waals surface area contributed by atoms with E-state index < -0.39 is 0 Å². The molecule has 2 heterocycles. The molecule has 1 amide bonds. The van der Waals surface area contributed by atoms with E-state index >= 15 is 0 Å². The van der Waals surface area contributed by atoms with Crippen LogP contribution in [0, 0.1) is 11.8 Å². The molecule has 0 saturated carbocycles. The molecule has 6 nitrogen and oxygen atoms in total. The zero-order chi connectivity index (χ0) is 16.1. The van der Waals surface area contributed by atoms with Gasteiger partial charge in [0.25, 0.3) is 0 Å². The molecule has 0 N–H and O–H groups in total. The molecule has 0 unspecified atom stereocenters. The van der Waals surface area contributed by atoms with E-state index in [1.54, 1.807) is 13.3 Å². The maximum Gasteiger partial charge on any atom is 0.228 e. The molecule has 1 aromatic heterocycles. The maximum absolute atomic E-state index is 12.6. The molecule has 1 fully saturated rings. The Balaban J connectivity index is 2.03. The molecule has 1 aliphatic heterocycles. The van der Waals surface area contributed by atoms with Crippen LogP contribution in [0.15, 0.2) is 12.4 Å². The van der Waals surface area contributed by atoms with Crippen molar-refractivity contribution in [3.8, 4) is 0 Å². The van der Waals surface area contributed by atoms with Crippen molar-refractivity contribution in [3.05, 3.63) is 18.0 Å². The predicted molar refractivity (Wildman–Crippen MR) is 83.4 cm³/mol. The second-order valence-corrected chi connectivity index (χ2v) is 6.33. The Morgan fingerprint density at radius 2 is 2.36 bits per heavy atom. The number of hydrogen-bond donors (Lipinski definition) is 0. The molecule has 1 aliphatic rings. The molecule has 1 aromatic rings. The number of carbonyl (C=O) groups is 1. The third-order valence-corrected chi connectivity index (χ3v) is 3.93. The first kappa shape index (κ1) is 17.0. The summed E-state index contributed by atoms with van der Waals surface area (Å²) in [6, 6.07) is 0. The van der Waals surface area contributed by atoms with Gasteiger partial charge >= 0.3 is 0 Å². The highest BCUT2D eigenvalue weighted by molar-refractivity contribution is 5.79. The first-order valence-corrected chi connectivity index (χ1v) is 7.90. The second kappa shape index (κ2) is 7.74. The Labute approximate surface area is 132 Å². The van der Waals surface area contributed by atoms with Crippen molar-refractivity contribution in [1.82, 2.24) is 14.7 Å². The van der Waals surface area contributed by atoms with Crippen LogP contribution in [-0.4, -0.2) is 54.5 Å². The Morgan fingerprint density at radius 1 is 1.59 bits per heavy atom. The summed E-state index contributed by atoms with van der Waals surface area (Å²) in [4.78, 5) is 14.5. The van der Waals surface area contributed by atoms with Crippen molar-refractivity contribution in [1.29, 1.82) is 0 Å². The largest absolute Gasteiger partial charge is 0.383 e. The van der Waals surface area contributed by atoms with Crippen molar-refractivity contribution in [3.63, 3.8) is 0 Å². The lowest BCUT2D eigenvalue weighted by molar-refractivity contribution is -0.136. The van der Waals surface area contributed by atoms with Gasteiger partial charge in [-0.05, 0) is 12.3 Å². The van der Waals surface area contributed by atoms with E-state index in [1.807, 2.05) is 22.8 Å². The number of rotatable bonds is 7. The molecule has 124 valence electrons. The Kier molecular flexibility index (Phi) is 5.97. The van der Waals surface area contributed by atoms with Gasteiger partial charge in [-0.3, -0.25) is 9.48 Å². The summed E-state index contributed by atoms with van der Waals surface area (Å²) in [5.74, 6) is 0.524. The second-order valence-electron chi connectivity index (χ2n) is 6.33. The zero-order valence-electron chi connectivity index (χ0n) is 14.0. The fraction of sp³-hybridized carbons (Fsp3) is 0.750. The number of amides is 1. The number of ether oxygens (including phenoxy) is 2. The average molecular weight is 309 g/mol. The SMILES string of the molecule is COCCn1cc([C@H]2OCC[C@@H]2C(=O)N(C)CC(C)C)cn1. The van der Waals surface area contributed by atoms with Gasteiger partial charge in [0.15, 0.2) is 0 Å². The van der Waals surface area contributed by atoms with E-state index in [9.17, 15) is 4.79 Å². The third kappa shape index (κ3) is 4.08. The van der Waals surface area contributed by atoms with Gasteiger partial charge < -0.3 is 14.4 Å². The van der Waals surface area contributed by atoms with Crippen molar-refractivity contribution in [2.24, 2.45) is 11.8 Å². The van der Waals surface area contributed by atoms with Crippen LogP contribution >= 0.6 is 0 Å². The van der Waals surface area contributed by atoms with Crippen LogP contribution in [0.5, 0.6) is 0 Å². The first-order chi connectivity index (χ1) is 10.5.